The number of halogens is 2. The molecular formula is C13H16Cl2N2O2S. The molecule has 0 aliphatic rings. The summed E-state index contributed by atoms with van der Waals surface area (Å²) in [7, 11) is 1.34. The molecule has 0 radical (unpaired) electrons. The number of rotatable bonds is 4. The number of methoxy groups -OCH3 is 1. The van der Waals surface area contributed by atoms with Crippen LogP contribution in [0, 0.1) is 0 Å². The molecule has 0 bridgehead atoms. The molecule has 0 unspecified atom stereocenters. The minimum atomic E-state index is -0.610. The number of esters is 1. The molecule has 110 valence electrons. The van der Waals surface area contributed by atoms with E-state index in [2.05, 4.69) is 9.72 Å². The summed E-state index contributed by atoms with van der Waals surface area (Å²) in [6.45, 7) is 0. The molecule has 0 saturated heterocycles. The molecule has 0 aliphatic heterocycles. The Morgan fingerprint density at radius 2 is 2.00 bits per heavy atom. The van der Waals surface area contributed by atoms with Gasteiger partial charge in [0.15, 0.2) is 0 Å². The number of benzene rings is 1. The number of hydrogen-bond donors (Lipinski definition) is 1. The molecule has 2 aromatic rings. The Kier molecular flexibility index (Phi) is 8.41. The number of carbonyl (C=O) groups is 1. The fraction of sp³-hybridized carbons (Fsp3) is 0.231. The van der Waals surface area contributed by atoms with Gasteiger partial charge in [0, 0.05) is 17.1 Å². The van der Waals surface area contributed by atoms with Crippen molar-refractivity contribution in [3.63, 3.8) is 0 Å². The largest absolute Gasteiger partial charge is 0.468 e. The number of thiazole rings is 1. The van der Waals surface area contributed by atoms with Crippen LogP contribution in [0.15, 0.2) is 35.8 Å². The average Bonchev–Trinajstić information content (AvgIpc) is 2.92. The van der Waals surface area contributed by atoms with E-state index >= 15 is 0 Å². The number of carbonyl (C=O) groups excluding carboxylic acids is 1. The normalized spacial score (nSPS) is 10.9. The summed E-state index contributed by atoms with van der Waals surface area (Å²) >= 11 is 1.59. The Bertz CT molecular complexity index is 518. The molecule has 2 N–H and O–H groups in total. The van der Waals surface area contributed by atoms with E-state index in [1.807, 2.05) is 29.6 Å². The van der Waals surface area contributed by atoms with Crippen LogP contribution in [0.5, 0.6) is 0 Å². The van der Waals surface area contributed by atoms with Crippen LogP contribution in [0.2, 0.25) is 0 Å². The summed E-state index contributed by atoms with van der Waals surface area (Å²) in [4.78, 5) is 15.5. The average molecular weight is 335 g/mol. The summed E-state index contributed by atoms with van der Waals surface area (Å²) in [6, 6.07) is 7.27. The third-order valence-electron chi connectivity index (χ3n) is 2.59. The summed E-state index contributed by atoms with van der Waals surface area (Å²) in [5.74, 6) is -0.390. The lowest BCUT2D eigenvalue weighted by Crippen LogP contribution is -2.33. The Hall–Kier alpha value is -1.14. The molecule has 1 aromatic carbocycles. The van der Waals surface area contributed by atoms with Gasteiger partial charge < -0.3 is 10.5 Å². The van der Waals surface area contributed by atoms with Crippen molar-refractivity contribution in [1.29, 1.82) is 0 Å². The molecule has 1 heterocycles. The van der Waals surface area contributed by atoms with Crippen LogP contribution in [-0.2, 0) is 16.0 Å². The van der Waals surface area contributed by atoms with Crippen molar-refractivity contribution in [3.05, 3.63) is 41.4 Å². The predicted molar refractivity (Wildman–Crippen MR) is 85.7 cm³/mol. The van der Waals surface area contributed by atoms with Gasteiger partial charge >= 0.3 is 5.97 Å². The van der Waals surface area contributed by atoms with Crippen molar-refractivity contribution in [2.24, 2.45) is 5.73 Å². The standard InChI is InChI=1S/C13H14N2O2S.2ClH/c1-17-13(16)11(14)8-9-2-4-10(5-3-9)12-15-6-7-18-12;;/h2-7,11H,8,14H2,1H3;2*1H/t11-;;/m0../s1. The van der Waals surface area contributed by atoms with Crippen LogP contribution >= 0.6 is 36.2 Å². The van der Waals surface area contributed by atoms with E-state index in [0.29, 0.717) is 6.42 Å². The van der Waals surface area contributed by atoms with Crippen molar-refractivity contribution in [1.82, 2.24) is 4.98 Å². The summed E-state index contributed by atoms with van der Waals surface area (Å²) in [5.41, 5.74) is 7.78. The zero-order valence-corrected chi connectivity index (χ0v) is 13.3. The zero-order valence-electron chi connectivity index (χ0n) is 10.8. The fourth-order valence-electron chi connectivity index (χ4n) is 1.64. The Labute approximate surface area is 134 Å². The van der Waals surface area contributed by atoms with Crippen LogP contribution in [-0.4, -0.2) is 24.1 Å². The van der Waals surface area contributed by atoms with E-state index in [1.54, 1.807) is 17.5 Å². The highest BCUT2D eigenvalue weighted by atomic mass is 35.5. The van der Waals surface area contributed by atoms with Crippen LogP contribution < -0.4 is 5.73 Å². The van der Waals surface area contributed by atoms with Gasteiger partial charge in [-0.3, -0.25) is 4.79 Å². The minimum Gasteiger partial charge on any atom is -0.468 e. The van der Waals surface area contributed by atoms with Gasteiger partial charge in [0.25, 0.3) is 0 Å². The number of nitrogens with zero attached hydrogens (tertiary/aromatic N) is 1. The maximum atomic E-state index is 11.2. The fourth-order valence-corrected chi connectivity index (χ4v) is 2.28. The van der Waals surface area contributed by atoms with Crippen molar-refractivity contribution in [2.45, 2.75) is 12.5 Å². The zero-order chi connectivity index (χ0) is 13.0. The van der Waals surface area contributed by atoms with Crippen molar-refractivity contribution < 1.29 is 9.53 Å². The lowest BCUT2D eigenvalue weighted by molar-refractivity contribution is -0.142. The van der Waals surface area contributed by atoms with E-state index in [1.165, 1.54) is 7.11 Å². The molecule has 0 aliphatic carbocycles. The number of aromatic nitrogens is 1. The van der Waals surface area contributed by atoms with Gasteiger partial charge in [0.1, 0.15) is 11.0 Å². The Balaban J connectivity index is 0.00000180. The highest BCUT2D eigenvalue weighted by Gasteiger charge is 2.14. The first-order valence-corrected chi connectivity index (χ1v) is 6.41. The minimum absolute atomic E-state index is 0. The first kappa shape index (κ1) is 18.9. The monoisotopic (exact) mass is 334 g/mol. The van der Waals surface area contributed by atoms with Gasteiger partial charge in [0.05, 0.1) is 7.11 Å². The van der Waals surface area contributed by atoms with Crippen molar-refractivity contribution in [3.8, 4) is 10.6 Å². The topological polar surface area (TPSA) is 65.2 Å². The Morgan fingerprint density at radius 1 is 1.35 bits per heavy atom. The van der Waals surface area contributed by atoms with Crippen LogP contribution in [0.1, 0.15) is 5.56 Å². The van der Waals surface area contributed by atoms with Crippen LogP contribution in [0.4, 0.5) is 0 Å². The predicted octanol–water partition coefficient (Wildman–Crippen LogP) is 2.70. The molecular weight excluding hydrogens is 319 g/mol. The van der Waals surface area contributed by atoms with Gasteiger partial charge in [-0.1, -0.05) is 24.3 Å². The van der Waals surface area contributed by atoms with E-state index in [-0.39, 0.29) is 30.8 Å². The van der Waals surface area contributed by atoms with E-state index in [9.17, 15) is 4.79 Å². The summed E-state index contributed by atoms with van der Waals surface area (Å²) in [6.07, 6.45) is 2.26. The molecule has 7 heteroatoms. The SMILES string of the molecule is COC(=O)[C@@H](N)Cc1ccc(-c2nccs2)cc1.Cl.Cl. The molecule has 0 fully saturated rings. The second-order valence-electron chi connectivity index (χ2n) is 3.87. The smallest absolute Gasteiger partial charge is 0.322 e. The lowest BCUT2D eigenvalue weighted by Gasteiger charge is -2.09. The summed E-state index contributed by atoms with van der Waals surface area (Å²) in [5, 5.41) is 2.93. The number of hydrogen-bond acceptors (Lipinski definition) is 5. The highest BCUT2D eigenvalue weighted by Crippen LogP contribution is 2.22. The molecule has 4 nitrogen and oxygen atoms in total. The number of ether oxygens (including phenoxy) is 1. The van der Waals surface area contributed by atoms with E-state index in [4.69, 9.17) is 5.73 Å². The molecule has 0 spiro atoms. The van der Waals surface area contributed by atoms with E-state index < -0.39 is 6.04 Å². The Morgan fingerprint density at radius 3 is 2.50 bits per heavy atom. The molecule has 0 amide bonds. The second kappa shape index (κ2) is 8.92. The molecule has 0 saturated carbocycles. The van der Waals surface area contributed by atoms with Gasteiger partial charge in [0.2, 0.25) is 0 Å². The highest BCUT2D eigenvalue weighted by molar-refractivity contribution is 7.13. The van der Waals surface area contributed by atoms with Gasteiger partial charge in [-0.25, -0.2) is 4.98 Å². The molecule has 20 heavy (non-hydrogen) atoms. The molecule has 1 atom stereocenters. The van der Waals surface area contributed by atoms with Crippen LogP contribution in [0.3, 0.4) is 0 Å². The first-order valence-electron chi connectivity index (χ1n) is 5.53. The van der Waals surface area contributed by atoms with Crippen molar-refractivity contribution >= 4 is 42.1 Å². The molecule has 2 rings (SSSR count). The lowest BCUT2D eigenvalue weighted by atomic mass is 10.0. The van der Waals surface area contributed by atoms with Crippen molar-refractivity contribution in [2.75, 3.05) is 7.11 Å². The molecule has 1 aromatic heterocycles. The third kappa shape index (κ3) is 4.76. The first-order chi connectivity index (χ1) is 8.70. The quantitative estimate of drug-likeness (QED) is 0.873. The maximum absolute atomic E-state index is 11.2. The summed E-state index contributed by atoms with van der Waals surface area (Å²) < 4.78 is 4.59. The van der Waals surface area contributed by atoms with Crippen LogP contribution in [0.25, 0.3) is 10.6 Å². The van der Waals surface area contributed by atoms with Gasteiger partial charge in [-0.2, -0.15) is 0 Å². The number of nitrogens with two attached hydrogens (primary N) is 1. The maximum Gasteiger partial charge on any atom is 0.322 e. The van der Waals surface area contributed by atoms with Gasteiger partial charge in [-0.05, 0) is 12.0 Å². The van der Waals surface area contributed by atoms with E-state index in [0.717, 1.165) is 16.1 Å². The third-order valence-corrected chi connectivity index (χ3v) is 3.41. The van der Waals surface area contributed by atoms with Gasteiger partial charge in [-0.15, -0.1) is 36.2 Å². The second-order valence-corrected chi connectivity index (χ2v) is 4.76.